The highest BCUT2D eigenvalue weighted by Gasteiger charge is 2.20. The van der Waals surface area contributed by atoms with Crippen molar-refractivity contribution in [3.63, 3.8) is 0 Å². The molecule has 2 nitrogen and oxygen atoms in total. The number of rotatable bonds is 3. The third-order valence-electron chi connectivity index (χ3n) is 2.64. The standard InChI is InChI=1S/C12H13BrN2S/c1-8(10-4-2-3-6-15-10)11(14)12-9(13)5-7-16-12/h2-8,11H,14H2,1H3. The van der Waals surface area contributed by atoms with Gasteiger partial charge in [-0.2, -0.15) is 0 Å². The molecule has 0 aliphatic heterocycles. The summed E-state index contributed by atoms with van der Waals surface area (Å²) >= 11 is 5.20. The van der Waals surface area contributed by atoms with Crippen LogP contribution in [0.25, 0.3) is 0 Å². The maximum absolute atomic E-state index is 6.26. The number of nitrogens with zero attached hydrogens (tertiary/aromatic N) is 1. The van der Waals surface area contributed by atoms with Crippen LogP contribution < -0.4 is 5.73 Å². The Labute approximate surface area is 108 Å². The minimum absolute atomic E-state index is 0.00993. The topological polar surface area (TPSA) is 38.9 Å². The second-order valence-electron chi connectivity index (χ2n) is 3.70. The first-order chi connectivity index (χ1) is 7.70. The lowest BCUT2D eigenvalue weighted by atomic mass is 9.97. The van der Waals surface area contributed by atoms with Crippen LogP contribution in [0.15, 0.2) is 40.3 Å². The highest BCUT2D eigenvalue weighted by molar-refractivity contribution is 9.10. The van der Waals surface area contributed by atoms with Gasteiger partial charge in [0.15, 0.2) is 0 Å². The molecule has 0 bridgehead atoms. The summed E-state index contributed by atoms with van der Waals surface area (Å²) in [7, 11) is 0. The van der Waals surface area contributed by atoms with Gasteiger partial charge in [-0.25, -0.2) is 0 Å². The Morgan fingerprint density at radius 1 is 1.38 bits per heavy atom. The Morgan fingerprint density at radius 2 is 2.19 bits per heavy atom. The quantitative estimate of drug-likeness (QED) is 0.938. The predicted octanol–water partition coefficient (Wildman–Crippen LogP) is 3.71. The summed E-state index contributed by atoms with van der Waals surface area (Å²) in [6.07, 6.45) is 1.81. The number of thiophene rings is 1. The van der Waals surface area contributed by atoms with E-state index in [4.69, 9.17) is 5.73 Å². The molecule has 84 valence electrons. The van der Waals surface area contributed by atoms with E-state index in [9.17, 15) is 0 Å². The number of halogens is 1. The second kappa shape index (κ2) is 5.08. The SMILES string of the molecule is CC(c1ccccn1)C(N)c1sccc1Br. The molecule has 2 rings (SSSR count). The van der Waals surface area contributed by atoms with E-state index in [1.54, 1.807) is 11.3 Å². The van der Waals surface area contributed by atoms with Gasteiger partial charge in [0.1, 0.15) is 0 Å². The Kier molecular flexibility index (Phi) is 3.74. The van der Waals surface area contributed by atoms with Crippen molar-refractivity contribution in [1.29, 1.82) is 0 Å². The fourth-order valence-electron chi connectivity index (χ4n) is 1.60. The van der Waals surface area contributed by atoms with Gasteiger partial charge >= 0.3 is 0 Å². The van der Waals surface area contributed by atoms with E-state index in [2.05, 4.69) is 27.8 Å². The van der Waals surface area contributed by atoms with Crippen molar-refractivity contribution in [3.05, 3.63) is 50.9 Å². The van der Waals surface area contributed by atoms with Gasteiger partial charge in [-0.1, -0.05) is 13.0 Å². The molecule has 16 heavy (non-hydrogen) atoms. The Morgan fingerprint density at radius 3 is 2.75 bits per heavy atom. The number of hydrogen-bond donors (Lipinski definition) is 1. The third kappa shape index (κ3) is 2.34. The van der Waals surface area contributed by atoms with Crippen molar-refractivity contribution >= 4 is 27.3 Å². The van der Waals surface area contributed by atoms with Crippen molar-refractivity contribution in [3.8, 4) is 0 Å². The smallest absolute Gasteiger partial charge is 0.0483 e. The molecule has 0 aliphatic rings. The van der Waals surface area contributed by atoms with Crippen LogP contribution in [0.4, 0.5) is 0 Å². The van der Waals surface area contributed by atoms with E-state index in [0.29, 0.717) is 0 Å². The predicted molar refractivity (Wildman–Crippen MR) is 71.6 cm³/mol. The summed E-state index contributed by atoms with van der Waals surface area (Å²) in [6.45, 7) is 2.11. The summed E-state index contributed by atoms with van der Waals surface area (Å²) in [6, 6.07) is 7.96. The van der Waals surface area contributed by atoms with Gasteiger partial charge in [-0.05, 0) is 39.5 Å². The van der Waals surface area contributed by atoms with Crippen molar-refractivity contribution in [2.75, 3.05) is 0 Å². The highest BCUT2D eigenvalue weighted by atomic mass is 79.9. The Balaban J connectivity index is 2.23. The van der Waals surface area contributed by atoms with Crippen LogP contribution in [0.2, 0.25) is 0 Å². The number of hydrogen-bond acceptors (Lipinski definition) is 3. The maximum Gasteiger partial charge on any atom is 0.0483 e. The monoisotopic (exact) mass is 296 g/mol. The molecule has 0 saturated heterocycles. The van der Waals surface area contributed by atoms with Crippen LogP contribution in [0, 0.1) is 0 Å². The molecule has 0 aromatic carbocycles. The van der Waals surface area contributed by atoms with E-state index in [1.807, 2.05) is 35.8 Å². The van der Waals surface area contributed by atoms with Crippen molar-refractivity contribution in [2.45, 2.75) is 18.9 Å². The lowest BCUT2D eigenvalue weighted by Crippen LogP contribution is -2.17. The maximum atomic E-state index is 6.26. The fourth-order valence-corrected chi connectivity index (χ4v) is 3.34. The molecule has 2 N–H and O–H groups in total. The van der Waals surface area contributed by atoms with Crippen LogP contribution >= 0.6 is 27.3 Å². The third-order valence-corrected chi connectivity index (χ3v) is 4.61. The highest BCUT2D eigenvalue weighted by Crippen LogP contribution is 2.35. The normalized spacial score (nSPS) is 14.7. The Bertz CT molecular complexity index is 455. The van der Waals surface area contributed by atoms with Gasteiger partial charge in [0.05, 0.1) is 0 Å². The molecule has 0 amide bonds. The van der Waals surface area contributed by atoms with E-state index in [-0.39, 0.29) is 12.0 Å². The van der Waals surface area contributed by atoms with E-state index >= 15 is 0 Å². The van der Waals surface area contributed by atoms with Gasteiger partial charge in [0.25, 0.3) is 0 Å². The van der Waals surface area contributed by atoms with Crippen molar-refractivity contribution in [2.24, 2.45) is 5.73 Å². The largest absolute Gasteiger partial charge is 0.323 e. The van der Waals surface area contributed by atoms with Gasteiger partial charge < -0.3 is 5.73 Å². The van der Waals surface area contributed by atoms with Crippen LogP contribution in [0.3, 0.4) is 0 Å². The molecule has 0 spiro atoms. The van der Waals surface area contributed by atoms with Crippen LogP contribution in [-0.4, -0.2) is 4.98 Å². The zero-order chi connectivity index (χ0) is 11.5. The first-order valence-corrected chi connectivity index (χ1v) is 6.77. The van der Waals surface area contributed by atoms with Crippen LogP contribution in [-0.2, 0) is 0 Å². The minimum atomic E-state index is -0.00993. The fraction of sp³-hybridized carbons (Fsp3) is 0.250. The molecule has 0 radical (unpaired) electrons. The lowest BCUT2D eigenvalue weighted by molar-refractivity contribution is 0.591. The van der Waals surface area contributed by atoms with Crippen LogP contribution in [0.1, 0.15) is 29.5 Å². The molecule has 4 heteroatoms. The molecular formula is C12H13BrN2S. The van der Waals surface area contributed by atoms with E-state index < -0.39 is 0 Å². The van der Waals surface area contributed by atoms with Gasteiger partial charge in [-0.3, -0.25) is 4.98 Å². The number of aromatic nitrogens is 1. The molecule has 0 aliphatic carbocycles. The summed E-state index contributed by atoms with van der Waals surface area (Å²) in [5.41, 5.74) is 7.29. The Hall–Kier alpha value is -0.710. The lowest BCUT2D eigenvalue weighted by Gasteiger charge is -2.18. The van der Waals surface area contributed by atoms with Gasteiger partial charge in [0, 0.05) is 33.2 Å². The molecule has 0 saturated carbocycles. The molecule has 2 aromatic heterocycles. The van der Waals surface area contributed by atoms with Crippen LogP contribution in [0.5, 0.6) is 0 Å². The average Bonchev–Trinajstić information content (AvgIpc) is 2.75. The van der Waals surface area contributed by atoms with Crippen molar-refractivity contribution < 1.29 is 0 Å². The van der Waals surface area contributed by atoms with Gasteiger partial charge in [-0.15, -0.1) is 11.3 Å². The summed E-state index contributed by atoms with van der Waals surface area (Å²) in [5, 5.41) is 2.05. The van der Waals surface area contributed by atoms with Crippen molar-refractivity contribution in [1.82, 2.24) is 4.98 Å². The zero-order valence-electron chi connectivity index (χ0n) is 8.93. The molecule has 2 atom stereocenters. The summed E-state index contributed by atoms with van der Waals surface area (Å²) in [4.78, 5) is 5.53. The molecule has 2 heterocycles. The van der Waals surface area contributed by atoms with E-state index in [1.165, 1.54) is 4.88 Å². The molecule has 0 fully saturated rings. The molecular weight excluding hydrogens is 284 g/mol. The first kappa shape index (κ1) is 11.8. The zero-order valence-corrected chi connectivity index (χ0v) is 11.3. The average molecular weight is 297 g/mol. The van der Waals surface area contributed by atoms with Gasteiger partial charge in [0.2, 0.25) is 0 Å². The summed E-state index contributed by atoms with van der Waals surface area (Å²) < 4.78 is 1.09. The first-order valence-electron chi connectivity index (χ1n) is 5.09. The molecule has 2 aromatic rings. The summed E-state index contributed by atoms with van der Waals surface area (Å²) in [5.74, 6) is 0.219. The molecule has 2 unspecified atom stereocenters. The second-order valence-corrected chi connectivity index (χ2v) is 5.50. The number of nitrogens with two attached hydrogens (primary N) is 1. The van der Waals surface area contributed by atoms with E-state index in [0.717, 1.165) is 10.2 Å². The minimum Gasteiger partial charge on any atom is -0.323 e. The number of pyridine rings is 1.